The number of piperidine rings is 1. The van der Waals surface area contributed by atoms with Gasteiger partial charge in [0.15, 0.2) is 0 Å². The highest BCUT2D eigenvalue weighted by Crippen LogP contribution is 2.29. The van der Waals surface area contributed by atoms with Crippen molar-refractivity contribution in [3.63, 3.8) is 0 Å². The largest absolute Gasteiger partial charge is 0.322 e. The van der Waals surface area contributed by atoms with Gasteiger partial charge in [-0.15, -0.1) is 5.10 Å². The molecule has 1 aromatic heterocycles. The average molecular weight is 364 g/mol. The summed E-state index contributed by atoms with van der Waals surface area (Å²) in [5.74, 6) is -0.938. The van der Waals surface area contributed by atoms with Gasteiger partial charge in [-0.05, 0) is 30.2 Å². The first-order chi connectivity index (χ1) is 13.1. The predicted octanol–water partition coefficient (Wildman–Crippen LogP) is 0.484. The van der Waals surface area contributed by atoms with E-state index in [2.05, 4.69) is 21.7 Å². The van der Waals surface area contributed by atoms with E-state index in [1.165, 1.54) is 4.90 Å². The van der Waals surface area contributed by atoms with Crippen LogP contribution in [0.2, 0.25) is 0 Å². The van der Waals surface area contributed by atoms with Gasteiger partial charge in [0, 0.05) is 31.4 Å². The zero-order valence-corrected chi connectivity index (χ0v) is 14.4. The van der Waals surface area contributed by atoms with Gasteiger partial charge >= 0.3 is 0 Å². The molecular formula is C18H16N6O3. The number of benzene rings is 1. The summed E-state index contributed by atoms with van der Waals surface area (Å²) in [6, 6.07) is 6.78. The number of nitrogens with zero attached hydrogens (tertiary/aromatic N) is 5. The van der Waals surface area contributed by atoms with E-state index >= 15 is 0 Å². The molecule has 1 saturated heterocycles. The van der Waals surface area contributed by atoms with E-state index in [1.54, 1.807) is 23.0 Å². The van der Waals surface area contributed by atoms with Crippen LogP contribution in [-0.4, -0.2) is 43.7 Å². The normalized spacial score (nSPS) is 19.0. The van der Waals surface area contributed by atoms with Crippen LogP contribution in [0.15, 0.2) is 24.4 Å². The van der Waals surface area contributed by atoms with E-state index < -0.39 is 11.9 Å². The third-order valence-corrected chi connectivity index (χ3v) is 4.81. The van der Waals surface area contributed by atoms with Crippen LogP contribution < -0.4 is 5.32 Å². The van der Waals surface area contributed by atoms with Gasteiger partial charge in [-0.2, -0.15) is 5.26 Å². The maximum absolute atomic E-state index is 12.7. The summed E-state index contributed by atoms with van der Waals surface area (Å²) in [6.07, 6.45) is 3.23. The number of nitriles is 1. The minimum atomic E-state index is -0.630. The Morgan fingerprint density at radius 2 is 2.15 bits per heavy atom. The molecule has 4 rings (SSSR count). The van der Waals surface area contributed by atoms with Crippen LogP contribution in [0.4, 0.5) is 0 Å². The number of rotatable bonds is 4. The molecule has 3 heterocycles. The number of hydrogen-bond donors (Lipinski definition) is 1. The average Bonchev–Trinajstić information content (AvgIpc) is 3.25. The van der Waals surface area contributed by atoms with Crippen LogP contribution in [0.5, 0.6) is 0 Å². The molecule has 1 aromatic carbocycles. The molecule has 0 aliphatic carbocycles. The Bertz CT molecular complexity index is 989. The summed E-state index contributed by atoms with van der Waals surface area (Å²) >= 11 is 0. The summed E-state index contributed by atoms with van der Waals surface area (Å²) in [7, 11) is 0. The summed E-state index contributed by atoms with van der Waals surface area (Å²) in [5, 5.41) is 19.1. The van der Waals surface area contributed by atoms with E-state index in [1.807, 2.05) is 6.07 Å². The van der Waals surface area contributed by atoms with Crippen LogP contribution in [-0.2, 0) is 22.6 Å². The molecule has 1 unspecified atom stereocenters. The Balaban J connectivity index is 1.56. The first kappa shape index (κ1) is 16.9. The number of carbonyl (C=O) groups is 3. The molecule has 1 fully saturated rings. The molecule has 0 radical (unpaired) electrons. The highest BCUT2D eigenvalue weighted by atomic mass is 16.2. The quantitative estimate of drug-likeness (QED) is 0.788. The van der Waals surface area contributed by atoms with Gasteiger partial charge in [-0.3, -0.25) is 19.7 Å². The van der Waals surface area contributed by atoms with Gasteiger partial charge in [0.05, 0.1) is 23.6 Å². The molecular weight excluding hydrogens is 348 g/mol. The number of imide groups is 1. The number of carbonyl (C=O) groups excluding carboxylic acids is 3. The Hall–Kier alpha value is -3.54. The lowest BCUT2D eigenvalue weighted by Gasteiger charge is -2.29. The molecule has 2 aliphatic heterocycles. The molecule has 0 saturated carbocycles. The maximum Gasteiger partial charge on any atom is 0.255 e. The highest BCUT2D eigenvalue weighted by Gasteiger charge is 2.39. The van der Waals surface area contributed by atoms with Gasteiger partial charge in [0.2, 0.25) is 11.8 Å². The van der Waals surface area contributed by atoms with Crippen LogP contribution in [0.25, 0.3) is 5.69 Å². The molecule has 0 bridgehead atoms. The third-order valence-electron chi connectivity index (χ3n) is 4.81. The first-order valence-electron chi connectivity index (χ1n) is 8.63. The van der Waals surface area contributed by atoms with Gasteiger partial charge in [-0.25, -0.2) is 4.68 Å². The molecule has 27 heavy (non-hydrogen) atoms. The molecule has 136 valence electrons. The number of aryl methyl sites for hydroxylation is 1. The van der Waals surface area contributed by atoms with Crippen molar-refractivity contribution < 1.29 is 14.4 Å². The summed E-state index contributed by atoms with van der Waals surface area (Å²) < 4.78 is 1.60. The minimum Gasteiger partial charge on any atom is -0.322 e. The standard InChI is InChI=1S/C18H16N6O3/c19-7-1-2-12-10-24(22-21-12)13-3-4-14-11(8-13)9-23(18(14)27)15-5-6-16(25)20-17(15)26/h3-4,8,10,15H,1-2,5-6,9H2,(H,20,25,26). The Kier molecular flexibility index (Phi) is 4.16. The van der Waals surface area contributed by atoms with E-state index in [9.17, 15) is 14.4 Å². The fourth-order valence-corrected chi connectivity index (χ4v) is 3.43. The van der Waals surface area contributed by atoms with E-state index in [0.717, 1.165) is 16.9 Å². The molecule has 2 aliphatic rings. The van der Waals surface area contributed by atoms with Crippen LogP contribution in [0.3, 0.4) is 0 Å². The number of hydrogen-bond acceptors (Lipinski definition) is 6. The zero-order valence-electron chi connectivity index (χ0n) is 14.4. The zero-order chi connectivity index (χ0) is 19.0. The molecule has 9 heteroatoms. The number of fused-ring (bicyclic) bond motifs is 1. The van der Waals surface area contributed by atoms with Crippen molar-refractivity contribution in [1.29, 1.82) is 5.26 Å². The molecule has 1 atom stereocenters. The Morgan fingerprint density at radius 1 is 1.30 bits per heavy atom. The number of nitrogens with one attached hydrogen (secondary N) is 1. The maximum atomic E-state index is 12.7. The summed E-state index contributed by atoms with van der Waals surface area (Å²) in [4.78, 5) is 37.6. The molecule has 9 nitrogen and oxygen atoms in total. The fourth-order valence-electron chi connectivity index (χ4n) is 3.43. The second-order valence-electron chi connectivity index (χ2n) is 6.55. The smallest absolute Gasteiger partial charge is 0.255 e. The second-order valence-corrected chi connectivity index (χ2v) is 6.55. The Labute approximate surface area is 154 Å². The predicted molar refractivity (Wildman–Crippen MR) is 91.3 cm³/mol. The van der Waals surface area contributed by atoms with Gasteiger partial charge in [0.25, 0.3) is 5.91 Å². The van der Waals surface area contributed by atoms with Crippen molar-refractivity contribution in [3.8, 4) is 11.8 Å². The monoisotopic (exact) mass is 364 g/mol. The van der Waals surface area contributed by atoms with E-state index in [-0.39, 0.29) is 18.2 Å². The van der Waals surface area contributed by atoms with Crippen LogP contribution >= 0.6 is 0 Å². The molecule has 0 spiro atoms. The third kappa shape index (κ3) is 3.06. The molecule has 3 amide bonds. The molecule has 2 aromatic rings. The van der Waals surface area contributed by atoms with Crippen molar-refractivity contribution in [2.45, 2.75) is 38.3 Å². The van der Waals surface area contributed by atoms with Gasteiger partial charge < -0.3 is 4.90 Å². The highest BCUT2D eigenvalue weighted by molar-refractivity contribution is 6.05. The lowest BCUT2D eigenvalue weighted by atomic mass is 10.0. The first-order valence-corrected chi connectivity index (χ1v) is 8.63. The second kappa shape index (κ2) is 6.64. The molecule has 1 N–H and O–H groups in total. The van der Waals surface area contributed by atoms with Crippen molar-refractivity contribution in [3.05, 3.63) is 41.2 Å². The number of amides is 3. The van der Waals surface area contributed by atoms with Gasteiger partial charge in [-0.1, -0.05) is 5.21 Å². The lowest BCUT2D eigenvalue weighted by molar-refractivity contribution is -0.136. The van der Waals surface area contributed by atoms with Crippen LogP contribution in [0, 0.1) is 11.3 Å². The number of aromatic nitrogens is 3. The van der Waals surface area contributed by atoms with Crippen LogP contribution in [0.1, 0.15) is 40.9 Å². The van der Waals surface area contributed by atoms with Gasteiger partial charge in [0.1, 0.15) is 6.04 Å². The van der Waals surface area contributed by atoms with E-state index in [4.69, 9.17) is 5.26 Å². The fraction of sp³-hybridized carbons (Fsp3) is 0.333. The Morgan fingerprint density at radius 3 is 2.93 bits per heavy atom. The van der Waals surface area contributed by atoms with E-state index in [0.29, 0.717) is 31.4 Å². The van der Waals surface area contributed by atoms with Crippen molar-refractivity contribution >= 4 is 17.7 Å². The van der Waals surface area contributed by atoms with Crippen molar-refractivity contribution in [2.75, 3.05) is 0 Å². The van der Waals surface area contributed by atoms with Crippen molar-refractivity contribution in [2.24, 2.45) is 0 Å². The topological polar surface area (TPSA) is 121 Å². The van der Waals surface area contributed by atoms with Crippen molar-refractivity contribution in [1.82, 2.24) is 25.2 Å². The SMILES string of the molecule is N#CCCc1cn(-c2ccc3c(c2)CN(C2CCC(=O)NC2=O)C3=O)nn1. The minimum absolute atomic E-state index is 0.209. The lowest BCUT2D eigenvalue weighted by Crippen LogP contribution is -2.52. The summed E-state index contributed by atoms with van der Waals surface area (Å²) in [5.41, 5.74) is 2.82. The summed E-state index contributed by atoms with van der Waals surface area (Å²) in [6.45, 7) is 0.310.